The summed E-state index contributed by atoms with van der Waals surface area (Å²) in [5.74, 6) is 1.03. The van der Waals surface area contributed by atoms with Crippen molar-refractivity contribution in [3.05, 3.63) is 94.1 Å². The number of aryl methyl sites for hydroxylation is 1. The van der Waals surface area contributed by atoms with Gasteiger partial charge in [0.15, 0.2) is 0 Å². The molecule has 2 atom stereocenters. The number of aliphatic hydroxyl groups is 1. The quantitative estimate of drug-likeness (QED) is 0.222. The Morgan fingerprint density at radius 3 is 2.55 bits per heavy atom. The fourth-order valence-electron chi connectivity index (χ4n) is 5.06. The van der Waals surface area contributed by atoms with Crippen molar-refractivity contribution in [2.45, 2.75) is 38.8 Å². The zero-order chi connectivity index (χ0) is 29.9. The Morgan fingerprint density at radius 2 is 1.83 bits per heavy atom. The van der Waals surface area contributed by atoms with Gasteiger partial charge in [0, 0.05) is 41.1 Å². The van der Waals surface area contributed by atoms with Crippen LogP contribution in [0.15, 0.2) is 66.7 Å². The van der Waals surface area contributed by atoms with Gasteiger partial charge in [-0.25, -0.2) is 17.9 Å². The van der Waals surface area contributed by atoms with Crippen LogP contribution in [0, 0.1) is 6.92 Å². The van der Waals surface area contributed by atoms with Crippen molar-refractivity contribution in [2.75, 3.05) is 25.4 Å². The summed E-state index contributed by atoms with van der Waals surface area (Å²) < 4.78 is 37.1. The van der Waals surface area contributed by atoms with Gasteiger partial charge < -0.3 is 19.6 Å². The summed E-state index contributed by atoms with van der Waals surface area (Å²) in [6, 6.07) is 20.1. The number of sulfonamides is 1. The predicted octanol–water partition coefficient (Wildman–Crippen LogP) is 5.35. The summed E-state index contributed by atoms with van der Waals surface area (Å²) in [5, 5.41) is 11.8. The molecule has 222 valence electrons. The van der Waals surface area contributed by atoms with E-state index in [1.54, 1.807) is 17.0 Å². The van der Waals surface area contributed by atoms with Crippen molar-refractivity contribution < 1.29 is 27.8 Å². The fourth-order valence-corrected chi connectivity index (χ4v) is 5.88. The third-order valence-corrected chi connectivity index (χ3v) is 8.99. The molecule has 3 N–H and O–H groups in total. The van der Waals surface area contributed by atoms with Crippen LogP contribution in [0.1, 0.15) is 41.8 Å². The molecule has 1 amide bonds. The topological polar surface area (TPSA) is 121 Å². The number of benzene rings is 3. The van der Waals surface area contributed by atoms with E-state index in [0.29, 0.717) is 29.5 Å². The lowest BCUT2D eigenvalue weighted by atomic mass is 9.92. The van der Waals surface area contributed by atoms with E-state index in [4.69, 9.17) is 21.1 Å². The van der Waals surface area contributed by atoms with E-state index >= 15 is 0 Å². The lowest BCUT2D eigenvalue weighted by Gasteiger charge is -2.35. The van der Waals surface area contributed by atoms with Gasteiger partial charge in [-0.15, -0.1) is 0 Å². The van der Waals surface area contributed by atoms with Crippen LogP contribution in [0.4, 0.5) is 4.79 Å². The number of aromatic amines is 1. The maximum atomic E-state index is 13.5. The van der Waals surface area contributed by atoms with Crippen LogP contribution < -0.4 is 14.2 Å². The van der Waals surface area contributed by atoms with E-state index in [1.807, 2.05) is 61.5 Å². The third kappa shape index (κ3) is 6.90. The van der Waals surface area contributed by atoms with Crippen molar-refractivity contribution in [2.24, 2.45) is 0 Å². The lowest BCUT2D eigenvalue weighted by Crippen LogP contribution is -2.42. The number of amides is 1. The largest absolute Gasteiger partial charge is 0.493 e. The Balaban J connectivity index is 1.35. The van der Waals surface area contributed by atoms with Crippen LogP contribution in [0.3, 0.4) is 0 Å². The maximum absolute atomic E-state index is 13.5. The number of halogens is 1. The fraction of sp³-hybridized carbons (Fsp3) is 0.323. The van der Waals surface area contributed by atoms with Gasteiger partial charge >= 0.3 is 6.09 Å². The number of H-pyrrole nitrogens is 1. The van der Waals surface area contributed by atoms with Crippen LogP contribution in [0.2, 0.25) is 5.02 Å². The Hall–Kier alpha value is -3.57. The lowest BCUT2D eigenvalue weighted by molar-refractivity contribution is 0.135. The van der Waals surface area contributed by atoms with E-state index in [0.717, 1.165) is 33.3 Å². The van der Waals surface area contributed by atoms with Crippen LogP contribution in [0.5, 0.6) is 11.5 Å². The highest BCUT2D eigenvalue weighted by Gasteiger charge is 2.35. The van der Waals surface area contributed by atoms with E-state index in [2.05, 4.69) is 9.71 Å². The van der Waals surface area contributed by atoms with Crippen molar-refractivity contribution in [3.63, 3.8) is 0 Å². The molecule has 42 heavy (non-hydrogen) atoms. The molecule has 9 nitrogen and oxygen atoms in total. The second-order valence-electron chi connectivity index (χ2n) is 10.3. The minimum Gasteiger partial charge on any atom is -0.493 e. The molecule has 1 aromatic heterocycles. The summed E-state index contributed by atoms with van der Waals surface area (Å²) in [5.41, 5.74) is 4.92. The molecule has 1 aliphatic heterocycles. The van der Waals surface area contributed by atoms with Crippen molar-refractivity contribution >= 4 is 38.6 Å². The summed E-state index contributed by atoms with van der Waals surface area (Å²) in [6.45, 7) is 4.12. The number of aromatic nitrogens is 1. The zero-order valence-electron chi connectivity index (χ0n) is 23.5. The summed E-state index contributed by atoms with van der Waals surface area (Å²) in [4.78, 5) is 18.7. The van der Waals surface area contributed by atoms with Crippen LogP contribution >= 0.6 is 11.6 Å². The van der Waals surface area contributed by atoms with Gasteiger partial charge in [-0.1, -0.05) is 41.4 Å². The van der Waals surface area contributed by atoms with Gasteiger partial charge in [0.25, 0.3) is 0 Å². The Kier molecular flexibility index (Phi) is 9.08. The molecule has 11 heteroatoms. The first-order valence-electron chi connectivity index (χ1n) is 13.9. The number of fused-ring (bicyclic) bond motifs is 3. The van der Waals surface area contributed by atoms with Crippen molar-refractivity contribution in [3.8, 4) is 11.5 Å². The number of nitrogens with one attached hydrogen (secondary N) is 2. The van der Waals surface area contributed by atoms with Gasteiger partial charge in [-0.3, -0.25) is 4.90 Å². The van der Waals surface area contributed by atoms with Gasteiger partial charge in [-0.2, -0.15) is 0 Å². The average Bonchev–Trinajstić information content (AvgIpc) is 3.35. The highest BCUT2D eigenvalue weighted by atomic mass is 35.5. The van der Waals surface area contributed by atoms with Crippen molar-refractivity contribution in [1.82, 2.24) is 14.6 Å². The highest BCUT2D eigenvalue weighted by molar-refractivity contribution is 7.89. The average molecular weight is 612 g/mol. The first kappa shape index (κ1) is 29.9. The van der Waals surface area contributed by atoms with Crippen LogP contribution in [-0.2, 0) is 16.4 Å². The first-order chi connectivity index (χ1) is 20.1. The van der Waals surface area contributed by atoms with Gasteiger partial charge in [0.1, 0.15) is 17.5 Å². The monoisotopic (exact) mass is 611 g/mol. The number of carbonyl (C=O) groups is 1. The molecule has 0 saturated carbocycles. The minimum atomic E-state index is -3.37. The Bertz CT molecular complexity index is 1650. The number of ether oxygens (including phenoxy) is 2. The van der Waals surface area contributed by atoms with Gasteiger partial charge in [0.2, 0.25) is 10.0 Å². The third-order valence-electron chi connectivity index (χ3n) is 7.38. The van der Waals surface area contributed by atoms with Crippen molar-refractivity contribution in [1.29, 1.82) is 0 Å². The second kappa shape index (κ2) is 12.7. The molecular weight excluding hydrogens is 578 g/mol. The molecule has 0 fully saturated rings. The zero-order valence-corrected chi connectivity index (χ0v) is 25.0. The maximum Gasteiger partial charge on any atom is 0.416 e. The number of carbonyl (C=O) groups excluding carboxylic acids is 1. The van der Waals surface area contributed by atoms with Crippen LogP contribution in [0.25, 0.3) is 10.9 Å². The SMILES string of the molecule is CCS(=O)(=O)NCC(O)CCOc1ccc([C@H]2c3[nH]c4ccc(Cl)cc4c3CCN2C(=O)Oc2ccc(C)cc2)cc1. The second-order valence-corrected chi connectivity index (χ2v) is 12.9. The Labute approximate surface area is 250 Å². The van der Waals surface area contributed by atoms with E-state index in [1.165, 1.54) is 6.92 Å². The number of aliphatic hydroxyl groups excluding tert-OH is 1. The molecule has 4 aromatic rings. The number of rotatable bonds is 10. The molecule has 0 spiro atoms. The molecule has 5 rings (SSSR count). The normalized spacial score (nSPS) is 15.8. The summed E-state index contributed by atoms with van der Waals surface area (Å²) in [7, 11) is -3.37. The summed E-state index contributed by atoms with van der Waals surface area (Å²) in [6.07, 6.45) is -0.405. The number of hydrogen-bond acceptors (Lipinski definition) is 6. The van der Waals surface area contributed by atoms with E-state index in [-0.39, 0.29) is 25.3 Å². The molecule has 0 saturated heterocycles. The predicted molar refractivity (Wildman–Crippen MR) is 163 cm³/mol. The minimum absolute atomic E-state index is 0.0432. The van der Waals surface area contributed by atoms with Gasteiger partial charge in [0.05, 0.1) is 18.5 Å². The number of hydrogen-bond donors (Lipinski definition) is 3. The Morgan fingerprint density at radius 1 is 1.12 bits per heavy atom. The molecule has 0 aliphatic carbocycles. The summed E-state index contributed by atoms with van der Waals surface area (Å²) >= 11 is 6.32. The molecular formula is C31H34ClN3O6S. The van der Waals surface area contributed by atoms with E-state index < -0.39 is 28.3 Å². The van der Waals surface area contributed by atoms with Crippen LogP contribution in [-0.4, -0.2) is 61.1 Å². The molecule has 2 heterocycles. The molecule has 0 radical (unpaired) electrons. The molecule has 0 bridgehead atoms. The smallest absolute Gasteiger partial charge is 0.416 e. The van der Waals surface area contributed by atoms with E-state index in [9.17, 15) is 18.3 Å². The highest BCUT2D eigenvalue weighted by Crippen LogP contribution is 2.40. The molecule has 3 aromatic carbocycles. The molecule has 1 unspecified atom stereocenters. The van der Waals surface area contributed by atoms with Gasteiger partial charge in [-0.05, 0) is 73.9 Å². The standard InChI is InChI=1S/C31H34ClN3O6S/c1-3-42(38,39)33-19-23(36)15-17-40-24-11-6-21(7-12-24)30-29-26(27-18-22(32)8-13-28(27)34-29)14-16-35(30)31(37)41-25-9-4-20(2)5-10-25/h4-13,18,23,30,33-34,36H,3,14-17,19H2,1-2H3/t23?,30-/m0/s1. The molecule has 1 aliphatic rings. The first-order valence-corrected chi connectivity index (χ1v) is 15.9. The number of nitrogens with zero attached hydrogens (tertiary/aromatic N) is 1.